The fraction of sp³-hybridized carbons (Fsp3) is 0.179. The number of rotatable bonds is 9. The number of nitrogens with one attached hydrogen (secondary N) is 2. The van der Waals surface area contributed by atoms with E-state index in [0.29, 0.717) is 34.4 Å². The molecule has 0 aliphatic carbocycles. The number of hydrogen-bond acceptors (Lipinski definition) is 5. The molecule has 0 bridgehead atoms. The fourth-order valence-corrected chi connectivity index (χ4v) is 3.83. The van der Waals surface area contributed by atoms with Gasteiger partial charge in [-0.05, 0) is 55.8 Å². The van der Waals surface area contributed by atoms with Crippen molar-refractivity contribution >= 4 is 41.2 Å². The van der Waals surface area contributed by atoms with Gasteiger partial charge in [-0.3, -0.25) is 9.59 Å². The second-order valence-corrected chi connectivity index (χ2v) is 8.72. The van der Waals surface area contributed by atoms with Crippen molar-refractivity contribution in [3.63, 3.8) is 0 Å². The van der Waals surface area contributed by atoms with Gasteiger partial charge in [-0.2, -0.15) is 0 Å². The minimum Gasteiger partial charge on any atom is -0.490 e. The third kappa shape index (κ3) is 6.48. The highest BCUT2D eigenvalue weighted by atomic mass is 35.5. The van der Waals surface area contributed by atoms with Crippen LogP contribution in [0, 0.1) is 6.92 Å². The third-order valence-corrected chi connectivity index (χ3v) is 5.89. The maximum Gasteiger partial charge on any atom is 0.329 e. The van der Waals surface area contributed by atoms with E-state index in [1.54, 1.807) is 36.4 Å². The van der Waals surface area contributed by atoms with Crippen molar-refractivity contribution in [2.75, 3.05) is 18.5 Å². The van der Waals surface area contributed by atoms with Crippen LogP contribution in [0.1, 0.15) is 23.6 Å². The summed E-state index contributed by atoms with van der Waals surface area (Å²) in [5.41, 5.74) is 3.14. The fourth-order valence-electron chi connectivity index (χ4n) is 3.64. The second-order valence-electron chi connectivity index (χ2n) is 8.31. The molecule has 1 heterocycles. The largest absolute Gasteiger partial charge is 0.490 e. The lowest BCUT2D eigenvalue weighted by molar-refractivity contribution is -0.127. The van der Waals surface area contributed by atoms with Gasteiger partial charge in [0, 0.05) is 16.3 Å². The molecule has 0 atom stereocenters. The number of nitrogens with zero attached hydrogens (tertiary/aromatic N) is 1. The summed E-state index contributed by atoms with van der Waals surface area (Å²) in [5.74, 6) is -0.0802. The van der Waals surface area contributed by atoms with Gasteiger partial charge >= 0.3 is 6.03 Å². The Morgan fingerprint density at radius 2 is 1.78 bits per heavy atom. The highest BCUT2D eigenvalue weighted by Crippen LogP contribution is 2.31. The van der Waals surface area contributed by atoms with Gasteiger partial charge < -0.3 is 20.1 Å². The zero-order valence-corrected chi connectivity index (χ0v) is 21.2. The van der Waals surface area contributed by atoms with E-state index in [1.165, 1.54) is 6.08 Å². The van der Waals surface area contributed by atoms with Gasteiger partial charge in [0.05, 0.1) is 6.61 Å². The molecule has 0 radical (unpaired) electrons. The summed E-state index contributed by atoms with van der Waals surface area (Å²) in [6.45, 7) is 4.04. The average molecular weight is 520 g/mol. The van der Waals surface area contributed by atoms with E-state index in [0.717, 1.165) is 16.0 Å². The van der Waals surface area contributed by atoms with Crippen molar-refractivity contribution in [1.82, 2.24) is 10.2 Å². The van der Waals surface area contributed by atoms with Gasteiger partial charge in [0.25, 0.3) is 5.91 Å². The van der Waals surface area contributed by atoms with Crippen LogP contribution in [-0.4, -0.2) is 35.9 Å². The molecule has 37 heavy (non-hydrogen) atoms. The molecule has 1 fully saturated rings. The molecule has 1 saturated heterocycles. The molecule has 0 unspecified atom stereocenters. The molecule has 4 rings (SSSR count). The zero-order chi connectivity index (χ0) is 26.4. The molecular weight excluding hydrogens is 494 g/mol. The quantitative estimate of drug-likeness (QED) is 0.301. The van der Waals surface area contributed by atoms with Crippen molar-refractivity contribution in [2.24, 2.45) is 0 Å². The summed E-state index contributed by atoms with van der Waals surface area (Å²) in [4.78, 5) is 38.5. The van der Waals surface area contributed by atoms with Crippen molar-refractivity contribution in [2.45, 2.75) is 20.5 Å². The number of ether oxygens (including phenoxy) is 2. The van der Waals surface area contributed by atoms with Crippen LogP contribution in [-0.2, 0) is 16.2 Å². The van der Waals surface area contributed by atoms with E-state index >= 15 is 0 Å². The van der Waals surface area contributed by atoms with Crippen LogP contribution < -0.4 is 20.1 Å². The highest BCUT2D eigenvalue weighted by Gasteiger charge is 2.35. The first-order valence-corrected chi connectivity index (χ1v) is 12.1. The Balaban J connectivity index is 1.45. The number of amides is 4. The van der Waals surface area contributed by atoms with Crippen molar-refractivity contribution in [3.8, 4) is 11.5 Å². The van der Waals surface area contributed by atoms with Crippen LogP contribution in [0.3, 0.4) is 0 Å². The standard InChI is InChI=1S/C28H26ClN3O5/c1-3-36-25-15-19(10-13-24(25)37-17-20-6-4-5-7-22(20)29)14-23-27(34)32(28(35)31-23)16-26(33)30-21-11-8-18(2)9-12-21/h4-15H,3,16-17H2,1-2H3,(H,30,33)(H,31,35)/b23-14+. The number of imide groups is 1. The molecule has 4 amide bonds. The maximum atomic E-state index is 12.8. The molecule has 3 aromatic carbocycles. The van der Waals surface area contributed by atoms with Crippen molar-refractivity contribution < 1.29 is 23.9 Å². The van der Waals surface area contributed by atoms with Crippen LogP contribution in [0.25, 0.3) is 6.08 Å². The number of anilines is 1. The first-order chi connectivity index (χ1) is 17.8. The summed E-state index contributed by atoms with van der Waals surface area (Å²) in [7, 11) is 0. The number of hydrogen-bond donors (Lipinski definition) is 2. The van der Waals surface area contributed by atoms with E-state index in [-0.39, 0.29) is 12.3 Å². The molecular formula is C28H26ClN3O5. The van der Waals surface area contributed by atoms with E-state index in [2.05, 4.69) is 10.6 Å². The predicted molar refractivity (Wildman–Crippen MR) is 141 cm³/mol. The normalized spacial score (nSPS) is 14.0. The lowest BCUT2D eigenvalue weighted by Crippen LogP contribution is -2.38. The Morgan fingerprint density at radius 1 is 1.03 bits per heavy atom. The summed E-state index contributed by atoms with van der Waals surface area (Å²) < 4.78 is 11.6. The van der Waals surface area contributed by atoms with Gasteiger partial charge in [0.1, 0.15) is 18.8 Å². The van der Waals surface area contributed by atoms with E-state index in [9.17, 15) is 14.4 Å². The lowest BCUT2D eigenvalue weighted by Gasteiger charge is -2.13. The SMILES string of the molecule is CCOc1cc(/C=C2/NC(=O)N(CC(=O)Nc3ccc(C)cc3)C2=O)ccc1OCc1ccccc1Cl. The summed E-state index contributed by atoms with van der Waals surface area (Å²) in [6, 6.07) is 19.1. The zero-order valence-electron chi connectivity index (χ0n) is 20.4. The first kappa shape index (κ1) is 25.8. The maximum absolute atomic E-state index is 12.8. The minimum atomic E-state index is -0.667. The molecule has 1 aliphatic rings. The number of benzene rings is 3. The topological polar surface area (TPSA) is 97.0 Å². The molecule has 0 saturated carbocycles. The molecule has 190 valence electrons. The summed E-state index contributed by atoms with van der Waals surface area (Å²) in [5, 5.41) is 5.82. The molecule has 3 aromatic rings. The predicted octanol–water partition coefficient (Wildman–Crippen LogP) is 5.16. The molecule has 8 nitrogen and oxygen atoms in total. The molecule has 2 N–H and O–H groups in total. The minimum absolute atomic E-state index is 0.0559. The molecule has 9 heteroatoms. The average Bonchev–Trinajstić information content (AvgIpc) is 3.13. The Bertz CT molecular complexity index is 1350. The molecule has 1 aliphatic heterocycles. The van der Waals surface area contributed by atoms with Gasteiger partial charge in [-0.1, -0.05) is 53.6 Å². The van der Waals surface area contributed by atoms with E-state index < -0.39 is 24.4 Å². The number of halogens is 1. The lowest BCUT2D eigenvalue weighted by atomic mass is 10.1. The smallest absolute Gasteiger partial charge is 0.329 e. The molecule has 0 aromatic heterocycles. The van der Waals surface area contributed by atoms with Crippen molar-refractivity contribution in [3.05, 3.63) is 94.1 Å². The van der Waals surface area contributed by atoms with E-state index in [1.807, 2.05) is 44.2 Å². The molecule has 0 spiro atoms. The number of aryl methyl sites for hydroxylation is 1. The van der Waals surface area contributed by atoms with E-state index in [4.69, 9.17) is 21.1 Å². The Hall–Kier alpha value is -4.30. The second kappa shape index (κ2) is 11.6. The van der Waals surface area contributed by atoms with Crippen LogP contribution >= 0.6 is 11.6 Å². The summed E-state index contributed by atoms with van der Waals surface area (Å²) in [6.07, 6.45) is 1.53. The Kier molecular flexibility index (Phi) is 8.10. The summed E-state index contributed by atoms with van der Waals surface area (Å²) >= 11 is 6.21. The third-order valence-electron chi connectivity index (χ3n) is 5.52. The van der Waals surface area contributed by atoms with Crippen LogP contribution in [0.15, 0.2) is 72.4 Å². The van der Waals surface area contributed by atoms with Gasteiger partial charge in [0.15, 0.2) is 11.5 Å². The highest BCUT2D eigenvalue weighted by molar-refractivity contribution is 6.31. The monoisotopic (exact) mass is 519 g/mol. The first-order valence-electron chi connectivity index (χ1n) is 11.7. The van der Waals surface area contributed by atoms with Crippen LogP contribution in [0.4, 0.5) is 10.5 Å². The van der Waals surface area contributed by atoms with Gasteiger partial charge in [-0.15, -0.1) is 0 Å². The number of carbonyl (C=O) groups excluding carboxylic acids is 3. The number of urea groups is 1. The Labute approximate surface area is 219 Å². The Morgan fingerprint density at radius 3 is 2.51 bits per heavy atom. The van der Waals surface area contributed by atoms with Crippen LogP contribution in [0.2, 0.25) is 5.02 Å². The van der Waals surface area contributed by atoms with Gasteiger partial charge in [0.2, 0.25) is 5.91 Å². The van der Waals surface area contributed by atoms with Crippen LogP contribution in [0.5, 0.6) is 11.5 Å². The van der Waals surface area contributed by atoms with Crippen molar-refractivity contribution in [1.29, 1.82) is 0 Å². The van der Waals surface area contributed by atoms with Gasteiger partial charge in [-0.25, -0.2) is 9.69 Å². The number of carbonyl (C=O) groups is 3.